The van der Waals surface area contributed by atoms with E-state index in [-0.39, 0.29) is 0 Å². The summed E-state index contributed by atoms with van der Waals surface area (Å²) >= 11 is 0. The van der Waals surface area contributed by atoms with E-state index in [9.17, 15) is 4.79 Å². The largest absolute Gasteiger partial charge is 0.294 e. The van der Waals surface area contributed by atoms with E-state index in [0.717, 1.165) is 17.4 Å². The van der Waals surface area contributed by atoms with Gasteiger partial charge in [0.05, 0.1) is 0 Å². The second-order valence-corrected chi connectivity index (χ2v) is 4.65. The molecule has 4 atom stereocenters. The van der Waals surface area contributed by atoms with Crippen molar-refractivity contribution in [2.75, 3.05) is 0 Å². The lowest BCUT2D eigenvalue weighted by molar-refractivity contribution is -0.120. The van der Waals surface area contributed by atoms with Gasteiger partial charge in [0.2, 0.25) is 0 Å². The Bertz CT molecular complexity index is 277. The first-order valence-electron chi connectivity index (χ1n) is 5.00. The minimum absolute atomic E-state index is 0.420. The zero-order chi connectivity index (χ0) is 8.29. The molecular formula is C11H14O. The molecule has 3 rings (SSSR count). The molecule has 1 nitrogen and oxygen atoms in total. The topological polar surface area (TPSA) is 17.1 Å². The van der Waals surface area contributed by atoms with Crippen LogP contribution in [0.3, 0.4) is 0 Å². The summed E-state index contributed by atoms with van der Waals surface area (Å²) in [6, 6.07) is 0. The Kier molecular flexibility index (Phi) is 1.15. The lowest BCUT2D eigenvalue weighted by atomic mass is 9.81. The molecule has 0 amide bonds. The average Bonchev–Trinajstić information content (AvgIpc) is 2.66. The Hall–Kier alpha value is -0.590. The molecule has 0 aromatic carbocycles. The van der Waals surface area contributed by atoms with Gasteiger partial charge in [0.1, 0.15) is 0 Å². The summed E-state index contributed by atoms with van der Waals surface area (Å²) in [5.74, 6) is 3.15. The molecule has 0 radical (unpaired) electrons. The zero-order valence-corrected chi connectivity index (χ0v) is 7.42. The van der Waals surface area contributed by atoms with Gasteiger partial charge in [-0.3, -0.25) is 4.79 Å². The van der Waals surface area contributed by atoms with Crippen molar-refractivity contribution in [1.29, 1.82) is 0 Å². The lowest BCUT2D eigenvalue weighted by Gasteiger charge is -2.22. The van der Waals surface area contributed by atoms with Gasteiger partial charge in [0, 0.05) is 5.92 Å². The predicted molar refractivity (Wildman–Crippen MR) is 46.6 cm³/mol. The molecule has 0 aromatic heterocycles. The van der Waals surface area contributed by atoms with Gasteiger partial charge in [-0.2, -0.15) is 0 Å². The highest BCUT2D eigenvalue weighted by Crippen LogP contribution is 2.56. The second-order valence-electron chi connectivity index (χ2n) is 4.65. The molecule has 12 heavy (non-hydrogen) atoms. The van der Waals surface area contributed by atoms with Crippen molar-refractivity contribution in [2.45, 2.75) is 26.2 Å². The molecule has 1 heteroatoms. The van der Waals surface area contributed by atoms with E-state index in [1.54, 1.807) is 0 Å². The van der Waals surface area contributed by atoms with E-state index in [1.807, 2.05) is 6.92 Å². The summed E-state index contributed by atoms with van der Waals surface area (Å²) in [6.45, 7) is 1.99. The summed E-state index contributed by atoms with van der Waals surface area (Å²) in [6.07, 6.45) is 6.28. The average molecular weight is 162 g/mol. The molecule has 3 aliphatic carbocycles. The van der Waals surface area contributed by atoms with Crippen LogP contribution in [0, 0.1) is 23.7 Å². The van der Waals surface area contributed by atoms with Gasteiger partial charge in [0.15, 0.2) is 5.78 Å². The molecule has 64 valence electrons. The zero-order valence-electron chi connectivity index (χ0n) is 7.42. The van der Waals surface area contributed by atoms with E-state index in [1.165, 1.54) is 19.3 Å². The Morgan fingerprint density at radius 1 is 1.33 bits per heavy atom. The van der Waals surface area contributed by atoms with Gasteiger partial charge in [-0.15, -0.1) is 0 Å². The summed E-state index contributed by atoms with van der Waals surface area (Å²) < 4.78 is 0. The van der Waals surface area contributed by atoms with E-state index in [2.05, 4.69) is 6.08 Å². The number of carbonyl (C=O) groups excluding carboxylic acids is 1. The first-order valence-corrected chi connectivity index (χ1v) is 5.00. The molecule has 0 saturated heterocycles. The molecule has 0 spiro atoms. The van der Waals surface area contributed by atoms with Crippen LogP contribution in [0.25, 0.3) is 0 Å². The quantitative estimate of drug-likeness (QED) is 0.533. The van der Waals surface area contributed by atoms with Gasteiger partial charge < -0.3 is 0 Å². The molecule has 0 N–H and O–H groups in total. The molecule has 2 bridgehead atoms. The molecular weight excluding hydrogens is 148 g/mol. The van der Waals surface area contributed by atoms with Crippen molar-refractivity contribution in [1.82, 2.24) is 0 Å². The normalized spacial score (nSPS) is 49.8. The van der Waals surface area contributed by atoms with Crippen LogP contribution in [0.2, 0.25) is 0 Å². The summed E-state index contributed by atoms with van der Waals surface area (Å²) in [5, 5.41) is 0. The van der Waals surface area contributed by atoms with Crippen molar-refractivity contribution in [3.8, 4) is 0 Å². The Balaban J connectivity index is 2.02. The van der Waals surface area contributed by atoms with Crippen LogP contribution >= 0.6 is 0 Å². The fourth-order valence-corrected chi connectivity index (χ4v) is 3.60. The van der Waals surface area contributed by atoms with Gasteiger partial charge in [-0.05, 0) is 49.5 Å². The molecule has 2 fully saturated rings. The Morgan fingerprint density at radius 3 is 2.83 bits per heavy atom. The van der Waals surface area contributed by atoms with Crippen molar-refractivity contribution >= 4 is 5.78 Å². The standard InChI is InChI=1S/C11H14O/c1-6-4-9-7-2-3-8(5-7)10(9)11(6)12/h4,7-10H,2-3,5H2,1H3/t7-,8+,9+,10-/m1/s1. The predicted octanol–water partition coefficient (Wildman–Crippen LogP) is 2.18. The molecule has 0 unspecified atom stereocenters. The highest BCUT2D eigenvalue weighted by Gasteiger charge is 2.52. The van der Waals surface area contributed by atoms with Gasteiger partial charge in [-0.25, -0.2) is 0 Å². The van der Waals surface area contributed by atoms with Crippen molar-refractivity contribution in [3.63, 3.8) is 0 Å². The number of fused-ring (bicyclic) bond motifs is 5. The van der Waals surface area contributed by atoms with Gasteiger partial charge in [-0.1, -0.05) is 6.08 Å². The molecule has 2 saturated carbocycles. The number of rotatable bonds is 0. The van der Waals surface area contributed by atoms with E-state index in [4.69, 9.17) is 0 Å². The van der Waals surface area contributed by atoms with Crippen LogP contribution in [-0.2, 0) is 4.79 Å². The maximum absolute atomic E-state index is 11.7. The molecule has 0 heterocycles. The van der Waals surface area contributed by atoms with Gasteiger partial charge >= 0.3 is 0 Å². The van der Waals surface area contributed by atoms with E-state index >= 15 is 0 Å². The van der Waals surface area contributed by atoms with Crippen LogP contribution in [-0.4, -0.2) is 5.78 Å². The lowest BCUT2D eigenvalue weighted by Crippen LogP contribution is -2.23. The third kappa shape index (κ3) is 0.634. The minimum Gasteiger partial charge on any atom is -0.294 e. The number of allylic oxidation sites excluding steroid dienone is 2. The number of carbonyl (C=O) groups is 1. The fourth-order valence-electron chi connectivity index (χ4n) is 3.60. The van der Waals surface area contributed by atoms with Crippen molar-refractivity contribution in [2.24, 2.45) is 23.7 Å². The van der Waals surface area contributed by atoms with E-state index in [0.29, 0.717) is 17.6 Å². The second kappa shape index (κ2) is 2.01. The first-order chi connectivity index (χ1) is 5.77. The van der Waals surface area contributed by atoms with Crippen molar-refractivity contribution < 1.29 is 4.79 Å². The third-order valence-corrected chi connectivity index (χ3v) is 4.11. The SMILES string of the molecule is CC1=C[C@H]2[C@@H]3CC[C@@H](C3)[C@H]2C1=O. The first kappa shape index (κ1) is 6.88. The van der Waals surface area contributed by atoms with Crippen LogP contribution in [0.5, 0.6) is 0 Å². The van der Waals surface area contributed by atoms with Crippen LogP contribution in [0.1, 0.15) is 26.2 Å². The number of ketones is 1. The Morgan fingerprint density at radius 2 is 2.08 bits per heavy atom. The summed E-state index contributed by atoms with van der Waals surface area (Å²) in [5.41, 5.74) is 1.04. The number of hydrogen-bond donors (Lipinski definition) is 0. The van der Waals surface area contributed by atoms with Gasteiger partial charge in [0.25, 0.3) is 0 Å². The molecule has 0 aromatic rings. The minimum atomic E-state index is 0.420. The monoisotopic (exact) mass is 162 g/mol. The van der Waals surface area contributed by atoms with Crippen LogP contribution < -0.4 is 0 Å². The Labute approximate surface area is 72.8 Å². The maximum atomic E-state index is 11.7. The summed E-state index contributed by atoms with van der Waals surface area (Å²) in [4.78, 5) is 11.7. The summed E-state index contributed by atoms with van der Waals surface area (Å²) in [7, 11) is 0. The molecule has 0 aliphatic heterocycles. The highest BCUT2D eigenvalue weighted by atomic mass is 16.1. The van der Waals surface area contributed by atoms with Crippen LogP contribution in [0.15, 0.2) is 11.6 Å². The van der Waals surface area contributed by atoms with Crippen molar-refractivity contribution in [3.05, 3.63) is 11.6 Å². The third-order valence-electron chi connectivity index (χ3n) is 4.11. The fraction of sp³-hybridized carbons (Fsp3) is 0.727. The maximum Gasteiger partial charge on any atom is 0.162 e. The number of hydrogen-bond acceptors (Lipinski definition) is 1. The van der Waals surface area contributed by atoms with E-state index < -0.39 is 0 Å². The smallest absolute Gasteiger partial charge is 0.162 e. The van der Waals surface area contributed by atoms with Crippen LogP contribution in [0.4, 0.5) is 0 Å². The molecule has 3 aliphatic rings. The highest BCUT2D eigenvalue weighted by molar-refractivity contribution is 6.00. The number of Topliss-reactive ketones (excluding diaryl/α,β-unsaturated/α-hetero) is 1.